The van der Waals surface area contributed by atoms with E-state index in [2.05, 4.69) is 25.6 Å². The Morgan fingerprint density at radius 2 is 1.95 bits per heavy atom. The number of benzene rings is 1. The van der Waals surface area contributed by atoms with Crippen molar-refractivity contribution in [3.63, 3.8) is 0 Å². The Bertz CT molecular complexity index is 1640. The van der Waals surface area contributed by atoms with Crippen molar-refractivity contribution in [3.05, 3.63) is 69.5 Å². The van der Waals surface area contributed by atoms with E-state index in [4.69, 9.17) is 0 Å². The van der Waals surface area contributed by atoms with Gasteiger partial charge in [0.2, 0.25) is 5.95 Å². The predicted octanol–water partition coefficient (Wildman–Crippen LogP) is 4.00. The lowest BCUT2D eigenvalue weighted by molar-refractivity contribution is -0.167. The van der Waals surface area contributed by atoms with Gasteiger partial charge in [-0.2, -0.15) is 18.2 Å². The van der Waals surface area contributed by atoms with E-state index in [0.717, 1.165) is 55.0 Å². The molecule has 6 rings (SSSR count). The zero-order valence-corrected chi connectivity index (χ0v) is 20.9. The molecule has 1 aliphatic heterocycles. The molecule has 1 fully saturated rings. The lowest BCUT2D eigenvalue weighted by Gasteiger charge is -2.36. The van der Waals surface area contributed by atoms with Gasteiger partial charge in [-0.15, -0.1) is 0 Å². The van der Waals surface area contributed by atoms with E-state index in [1.807, 2.05) is 18.2 Å². The van der Waals surface area contributed by atoms with E-state index in [0.29, 0.717) is 16.8 Å². The molecule has 39 heavy (non-hydrogen) atoms. The fourth-order valence-corrected chi connectivity index (χ4v) is 5.08. The molecule has 1 aromatic carbocycles. The molecular weight excluding hydrogens is 518 g/mol. The molecule has 0 spiro atoms. The second-order valence-electron chi connectivity index (χ2n) is 10.0. The molecule has 1 unspecified atom stereocenters. The van der Waals surface area contributed by atoms with Crippen molar-refractivity contribution in [3.8, 4) is 5.82 Å². The van der Waals surface area contributed by atoms with Crippen LogP contribution in [-0.4, -0.2) is 42.1 Å². The summed E-state index contributed by atoms with van der Waals surface area (Å²) in [7, 11) is 0. The van der Waals surface area contributed by atoms with Crippen molar-refractivity contribution < 1.29 is 22.7 Å². The zero-order valence-electron chi connectivity index (χ0n) is 20.9. The molecule has 9 nitrogen and oxygen atoms in total. The minimum atomic E-state index is -4.78. The number of fused-ring (bicyclic) bond motifs is 2. The summed E-state index contributed by atoms with van der Waals surface area (Å²) in [6.07, 6.45) is -1.58. The lowest BCUT2D eigenvalue weighted by Crippen LogP contribution is -2.37. The van der Waals surface area contributed by atoms with Crippen molar-refractivity contribution in [1.29, 1.82) is 0 Å². The standard InChI is InChI=1S/C26H25F4N7O2/c1-14(26(28,29)30)36-23(38)18-13-32-24(33-17-4-3-16-12-31-10-7-15(16)11-17)35-22(18)37(36)20-6-5-19(27)21(34-20)25(39)8-2-9-25/h3-6,11,13-14,31,39H,2,7-10,12H2,1H3,(H,32,33,35). The Kier molecular flexibility index (Phi) is 5.95. The quantitative estimate of drug-likeness (QED) is 0.327. The summed E-state index contributed by atoms with van der Waals surface area (Å²) in [5.74, 6) is -0.905. The maximum Gasteiger partial charge on any atom is 0.410 e. The summed E-state index contributed by atoms with van der Waals surface area (Å²) in [4.78, 5) is 26.0. The van der Waals surface area contributed by atoms with Gasteiger partial charge in [0.1, 0.15) is 28.5 Å². The first-order valence-corrected chi connectivity index (χ1v) is 12.6. The van der Waals surface area contributed by atoms with Gasteiger partial charge in [0.05, 0.1) is 0 Å². The third-order valence-electron chi connectivity index (χ3n) is 7.48. The lowest BCUT2D eigenvalue weighted by atomic mass is 9.77. The Hall–Kier alpha value is -3.84. The number of anilines is 2. The van der Waals surface area contributed by atoms with Crippen molar-refractivity contribution >= 4 is 22.7 Å². The minimum absolute atomic E-state index is 0.0573. The number of aliphatic hydroxyl groups is 1. The normalized spacial score (nSPS) is 17.5. The molecule has 0 radical (unpaired) electrons. The monoisotopic (exact) mass is 543 g/mol. The zero-order chi connectivity index (χ0) is 27.5. The Morgan fingerprint density at radius 3 is 2.67 bits per heavy atom. The third kappa shape index (κ3) is 4.35. The largest absolute Gasteiger partial charge is 0.410 e. The average molecular weight is 544 g/mol. The maximum atomic E-state index is 14.7. The van der Waals surface area contributed by atoms with Crippen LogP contribution in [0.2, 0.25) is 0 Å². The topological polar surface area (TPSA) is 110 Å². The Labute approximate surface area is 219 Å². The molecule has 3 aromatic heterocycles. The smallest absolute Gasteiger partial charge is 0.383 e. The Balaban J connectivity index is 1.51. The molecule has 13 heteroatoms. The number of aromatic nitrogens is 5. The maximum absolute atomic E-state index is 14.7. The van der Waals surface area contributed by atoms with Crippen LogP contribution in [0, 0.1) is 5.82 Å². The van der Waals surface area contributed by atoms with E-state index in [1.54, 1.807) is 0 Å². The summed E-state index contributed by atoms with van der Waals surface area (Å²) in [5.41, 5.74) is 0.0941. The molecule has 3 N–H and O–H groups in total. The highest BCUT2D eigenvalue weighted by molar-refractivity contribution is 5.77. The fraction of sp³-hybridized carbons (Fsp3) is 0.385. The molecular formula is C26H25F4N7O2. The molecule has 4 aromatic rings. The molecule has 1 atom stereocenters. The van der Waals surface area contributed by atoms with E-state index < -0.39 is 29.2 Å². The number of rotatable bonds is 5. The predicted molar refractivity (Wildman–Crippen MR) is 135 cm³/mol. The van der Waals surface area contributed by atoms with Crippen LogP contribution in [0.4, 0.5) is 29.2 Å². The number of nitrogens with zero attached hydrogens (tertiary/aromatic N) is 5. The van der Waals surface area contributed by atoms with Gasteiger partial charge in [-0.05, 0) is 74.5 Å². The van der Waals surface area contributed by atoms with Gasteiger partial charge in [0, 0.05) is 18.4 Å². The first-order valence-electron chi connectivity index (χ1n) is 12.6. The number of hydrogen-bond acceptors (Lipinski definition) is 7. The van der Waals surface area contributed by atoms with Crippen LogP contribution < -0.4 is 16.2 Å². The van der Waals surface area contributed by atoms with Crippen LogP contribution in [-0.2, 0) is 18.6 Å². The summed E-state index contributed by atoms with van der Waals surface area (Å²) in [5, 5.41) is 17.0. The van der Waals surface area contributed by atoms with Gasteiger partial charge >= 0.3 is 6.18 Å². The van der Waals surface area contributed by atoms with Gasteiger partial charge in [-0.1, -0.05) is 6.07 Å². The molecule has 1 saturated carbocycles. The first-order chi connectivity index (χ1) is 18.5. The van der Waals surface area contributed by atoms with E-state index in [9.17, 15) is 27.5 Å². The first kappa shape index (κ1) is 25.4. The van der Waals surface area contributed by atoms with Crippen LogP contribution in [0.25, 0.3) is 16.9 Å². The molecule has 2 aliphatic rings. The van der Waals surface area contributed by atoms with Crippen molar-refractivity contribution in [2.24, 2.45) is 0 Å². The van der Waals surface area contributed by atoms with Crippen molar-refractivity contribution in [1.82, 2.24) is 29.6 Å². The summed E-state index contributed by atoms with van der Waals surface area (Å²) in [6.45, 7) is 2.45. The van der Waals surface area contributed by atoms with E-state index in [-0.39, 0.29) is 41.3 Å². The van der Waals surface area contributed by atoms with E-state index in [1.165, 1.54) is 5.56 Å². The number of halogens is 4. The fourth-order valence-electron chi connectivity index (χ4n) is 5.08. The van der Waals surface area contributed by atoms with Crippen LogP contribution in [0.5, 0.6) is 0 Å². The molecule has 0 amide bonds. The van der Waals surface area contributed by atoms with Gasteiger partial charge in [0.25, 0.3) is 5.56 Å². The molecule has 0 saturated heterocycles. The highest BCUT2D eigenvalue weighted by Gasteiger charge is 2.42. The third-order valence-corrected chi connectivity index (χ3v) is 7.48. The molecule has 204 valence electrons. The number of pyridine rings is 1. The van der Waals surface area contributed by atoms with Gasteiger partial charge in [-0.25, -0.2) is 23.7 Å². The average Bonchev–Trinajstić information content (AvgIpc) is 3.18. The second-order valence-corrected chi connectivity index (χ2v) is 10.0. The van der Waals surface area contributed by atoms with Crippen LogP contribution in [0.1, 0.15) is 49.0 Å². The number of nitrogens with one attached hydrogen (secondary N) is 2. The highest BCUT2D eigenvalue weighted by atomic mass is 19.4. The van der Waals surface area contributed by atoms with Gasteiger partial charge in [-0.3, -0.25) is 4.79 Å². The van der Waals surface area contributed by atoms with Crippen molar-refractivity contribution in [2.45, 2.75) is 57.0 Å². The number of alkyl halides is 3. The molecule has 4 heterocycles. The number of hydrogen-bond donors (Lipinski definition) is 3. The van der Waals surface area contributed by atoms with Crippen LogP contribution in [0.15, 0.2) is 41.3 Å². The second kappa shape index (κ2) is 9.12. The highest BCUT2D eigenvalue weighted by Crippen LogP contribution is 2.41. The van der Waals surface area contributed by atoms with Crippen LogP contribution >= 0.6 is 0 Å². The van der Waals surface area contributed by atoms with E-state index >= 15 is 0 Å². The molecule has 1 aliphatic carbocycles. The Morgan fingerprint density at radius 1 is 1.15 bits per heavy atom. The summed E-state index contributed by atoms with van der Waals surface area (Å²) in [6, 6.07) is 5.69. The SMILES string of the molecule is CC(n1c(=O)c2cnc(Nc3ccc4c(c3)CCNC4)nc2n1-c1ccc(F)c(C2(O)CCC2)n1)C(F)(F)F. The molecule has 0 bridgehead atoms. The minimum Gasteiger partial charge on any atom is -0.383 e. The summed E-state index contributed by atoms with van der Waals surface area (Å²) < 4.78 is 57.8. The summed E-state index contributed by atoms with van der Waals surface area (Å²) >= 11 is 0. The van der Waals surface area contributed by atoms with Crippen LogP contribution in [0.3, 0.4) is 0 Å². The van der Waals surface area contributed by atoms with Gasteiger partial charge in [0.15, 0.2) is 11.5 Å². The van der Waals surface area contributed by atoms with Crippen molar-refractivity contribution in [2.75, 3.05) is 11.9 Å². The van der Waals surface area contributed by atoms with Gasteiger partial charge < -0.3 is 15.7 Å².